The maximum absolute atomic E-state index is 13.0. The van der Waals surface area contributed by atoms with E-state index in [0.29, 0.717) is 18.5 Å². The van der Waals surface area contributed by atoms with Gasteiger partial charge in [-0.25, -0.2) is 0 Å². The van der Waals surface area contributed by atoms with Gasteiger partial charge in [0, 0.05) is 30.9 Å². The predicted octanol–water partition coefficient (Wildman–Crippen LogP) is 3.44. The smallest absolute Gasteiger partial charge is 0.224 e. The second-order valence-electron chi connectivity index (χ2n) is 10.2. The Morgan fingerprint density at radius 1 is 1.18 bits per heavy atom. The number of amides is 1. The van der Waals surface area contributed by atoms with Crippen LogP contribution in [0.3, 0.4) is 0 Å². The van der Waals surface area contributed by atoms with Crippen LogP contribution in [0.1, 0.15) is 56.2 Å². The van der Waals surface area contributed by atoms with Crippen molar-refractivity contribution in [1.82, 2.24) is 25.2 Å². The van der Waals surface area contributed by atoms with Crippen LogP contribution in [0.25, 0.3) is 0 Å². The molecule has 2 unspecified atom stereocenters. The molecule has 33 heavy (non-hydrogen) atoms. The Balaban J connectivity index is 1.13. The summed E-state index contributed by atoms with van der Waals surface area (Å²) in [6.45, 7) is 3.31. The van der Waals surface area contributed by atoms with Crippen molar-refractivity contribution in [3.05, 3.63) is 41.7 Å². The molecular weight excluding hydrogens is 414 g/mol. The van der Waals surface area contributed by atoms with Gasteiger partial charge in [-0.05, 0) is 43.7 Å². The van der Waals surface area contributed by atoms with E-state index in [1.54, 1.807) is 7.11 Å². The third-order valence-electron chi connectivity index (χ3n) is 8.07. The number of carbonyl (C=O) groups excluding carboxylic acids is 1. The fourth-order valence-corrected chi connectivity index (χ4v) is 6.21. The summed E-state index contributed by atoms with van der Waals surface area (Å²) in [5.41, 5.74) is 2.16. The van der Waals surface area contributed by atoms with E-state index in [2.05, 4.69) is 26.7 Å². The minimum Gasteiger partial charge on any atom is -0.496 e. The molecule has 4 fully saturated rings. The first kappa shape index (κ1) is 22.4. The monoisotopic (exact) mass is 451 g/mol. The fraction of sp³-hybridized carbons (Fsp3) is 0.654. The quantitative estimate of drug-likeness (QED) is 0.666. The molecule has 178 valence electrons. The third kappa shape index (κ3) is 5.24. The molecule has 4 aliphatic rings. The highest BCUT2D eigenvalue weighted by atomic mass is 16.5. The fourth-order valence-electron chi connectivity index (χ4n) is 6.21. The van der Waals surface area contributed by atoms with E-state index in [1.165, 1.54) is 32.1 Å². The van der Waals surface area contributed by atoms with Gasteiger partial charge in [-0.2, -0.15) is 0 Å². The van der Waals surface area contributed by atoms with Gasteiger partial charge in [0.15, 0.2) is 0 Å². The minimum absolute atomic E-state index is 0.0716. The van der Waals surface area contributed by atoms with Crippen molar-refractivity contribution in [2.24, 2.45) is 17.8 Å². The van der Waals surface area contributed by atoms with Crippen molar-refractivity contribution in [2.75, 3.05) is 20.2 Å². The second-order valence-corrected chi connectivity index (χ2v) is 10.2. The summed E-state index contributed by atoms with van der Waals surface area (Å²) in [6, 6.07) is 8.32. The van der Waals surface area contributed by atoms with E-state index in [-0.39, 0.29) is 11.8 Å². The molecule has 6 rings (SSSR count). The lowest BCUT2D eigenvalue weighted by Gasteiger charge is -2.49. The van der Waals surface area contributed by atoms with Crippen molar-refractivity contribution in [2.45, 2.75) is 70.5 Å². The Morgan fingerprint density at radius 3 is 2.82 bits per heavy atom. The van der Waals surface area contributed by atoms with Crippen molar-refractivity contribution >= 4 is 5.91 Å². The van der Waals surface area contributed by atoms with Crippen LogP contribution < -0.4 is 10.1 Å². The zero-order valence-electron chi connectivity index (χ0n) is 19.8. The van der Waals surface area contributed by atoms with Crippen LogP contribution in [0.5, 0.6) is 5.75 Å². The van der Waals surface area contributed by atoms with E-state index < -0.39 is 0 Å². The van der Waals surface area contributed by atoms with Crippen LogP contribution in [-0.2, 0) is 24.3 Å². The number of rotatable bonds is 8. The van der Waals surface area contributed by atoms with E-state index >= 15 is 0 Å². The van der Waals surface area contributed by atoms with Crippen LogP contribution in [0.4, 0.5) is 0 Å². The van der Waals surface area contributed by atoms with Crippen LogP contribution in [0.15, 0.2) is 30.5 Å². The maximum atomic E-state index is 13.0. The van der Waals surface area contributed by atoms with Crippen molar-refractivity contribution in [1.29, 1.82) is 0 Å². The number of fused-ring (bicyclic) bond motifs is 3. The standard InChI is InChI=1S/C26H37N5O2/c1-33-25-10-6-5-9-21(25)15-27-26(32)24-18-30-12-11-20(24)14-23(30)17-31-16-22(28-29-31)13-19-7-3-2-4-8-19/h5-6,9-10,16,19-20,23-24H,2-4,7-8,11-15,17-18H2,1H3,(H,27,32)/t20?,23-,24+/m1/s1. The van der Waals surface area contributed by atoms with Crippen LogP contribution >= 0.6 is 0 Å². The number of nitrogens with zero attached hydrogens (tertiary/aromatic N) is 4. The first-order chi connectivity index (χ1) is 16.2. The van der Waals surface area contributed by atoms with Gasteiger partial charge in [0.05, 0.1) is 25.3 Å². The molecule has 0 radical (unpaired) electrons. The summed E-state index contributed by atoms with van der Waals surface area (Å²) in [5, 5.41) is 12.1. The number of carbonyl (C=O) groups is 1. The number of para-hydroxylation sites is 1. The molecule has 1 amide bonds. The van der Waals surface area contributed by atoms with Gasteiger partial charge in [0.2, 0.25) is 5.91 Å². The van der Waals surface area contributed by atoms with Gasteiger partial charge in [0.1, 0.15) is 5.75 Å². The average Bonchev–Trinajstić information content (AvgIpc) is 3.30. The van der Waals surface area contributed by atoms with Crippen LogP contribution in [0.2, 0.25) is 0 Å². The van der Waals surface area contributed by atoms with Gasteiger partial charge in [0.25, 0.3) is 0 Å². The molecule has 1 aromatic heterocycles. The molecule has 1 N–H and O–H groups in total. The SMILES string of the molecule is COc1ccccc1CNC(=O)[C@H]1CN2CCC1C[C@@H]2Cn1cc(CC2CCCCC2)nn1. The summed E-state index contributed by atoms with van der Waals surface area (Å²) in [4.78, 5) is 15.5. The Morgan fingerprint density at radius 2 is 2.03 bits per heavy atom. The predicted molar refractivity (Wildman–Crippen MR) is 127 cm³/mol. The van der Waals surface area contributed by atoms with Gasteiger partial charge >= 0.3 is 0 Å². The highest BCUT2D eigenvalue weighted by Crippen LogP contribution is 2.37. The molecule has 7 heteroatoms. The Labute approximate surface area is 196 Å². The molecular formula is C26H37N5O2. The number of nitrogens with one attached hydrogen (secondary N) is 1. The van der Waals surface area contributed by atoms with E-state index in [1.807, 2.05) is 28.9 Å². The Hall–Kier alpha value is -2.41. The van der Waals surface area contributed by atoms with E-state index in [9.17, 15) is 4.79 Å². The Kier molecular flexibility index (Phi) is 6.95. The van der Waals surface area contributed by atoms with Gasteiger partial charge in [-0.3, -0.25) is 14.4 Å². The minimum atomic E-state index is 0.0716. The first-order valence-corrected chi connectivity index (χ1v) is 12.7. The number of ether oxygens (including phenoxy) is 1. The highest BCUT2D eigenvalue weighted by Gasteiger charge is 2.43. The number of piperidine rings is 3. The number of methoxy groups -OCH3 is 1. The van der Waals surface area contributed by atoms with Crippen LogP contribution in [0, 0.1) is 17.8 Å². The second kappa shape index (κ2) is 10.2. The first-order valence-electron chi connectivity index (χ1n) is 12.7. The molecule has 1 aromatic carbocycles. The molecule has 1 saturated carbocycles. The van der Waals surface area contributed by atoms with Gasteiger partial charge in [-0.1, -0.05) is 55.5 Å². The average molecular weight is 452 g/mol. The van der Waals surface area contributed by atoms with Crippen molar-refractivity contribution in [3.8, 4) is 5.75 Å². The molecule has 3 aliphatic heterocycles. The molecule has 4 atom stereocenters. The van der Waals surface area contributed by atoms with E-state index in [0.717, 1.165) is 61.8 Å². The normalized spacial score (nSPS) is 27.4. The van der Waals surface area contributed by atoms with Crippen molar-refractivity contribution < 1.29 is 9.53 Å². The van der Waals surface area contributed by atoms with E-state index in [4.69, 9.17) is 4.74 Å². The largest absolute Gasteiger partial charge is 0.496 e. The summed E-state index contributed by atoms with van der Waals surface area (Å²) >= 11 is 0. The van der Waals surface area contributed by atoms with Gasteiger partial charge in [-0.15, -0.1) is 5.10 Å². The zero-order valence-corrected chi connectivity index (χ0v) is 19.8. The molecule has 1 aliphatic carbocycles. The molecule has 2 aromatic rings. The lowest BCUT2D eigenvalue weighted by atomic mass is 9.75. The topological polar surface area (TPSA) is 72.3 Å². The molecule has 0 spiro atoms. The maximum Gasteiger partial charge on any atom is 0.224 e. The van der Waals surface area contributed by atoms with Gasteiger partial charge < -0.3 is 10.1 Å². The summed E-state index contributed by atoms with van der Waals surface area (Å²) in [6.07, 6.45) is 12.2. The number of benzene rings is 1. The molecule has 4 heterocycles. The zero-order chi connectivity index (χ0) is 22.6. The number of hydrogen-bond donors (Lipinski definition) is 1. The van der Waals surface area contributed by atoms with Crippen LogP contribution in [-0.4, -0.2) is 52.0 Å². The number of hydrogen-bond acceptors (Lipinski definition) is 5. The molecule has 3 saturated heterocycles. The third-order valence-corrected chi connectivity index (χ3v) is 8.07. The molecule has 2 bridgehead atoms. The Bertz CT molecular complexity index is 938. The summed E-state index contributed by atoms with van der Waals surface area (Å²) in [7, 11) is 1.67. The summed E-state index contributed by atoms with van der Waals surface area (Å²) in [5.74, 6) is 2.30. The lowest BCUT2D eigenvalue weighted by Crippen LogP contribution is -2.58. The van der Waals surface area contributed by atoms with Crippen molar-refractivity contribution in [3.63, 3.8) is 0 Å². The number of aromatic nitrogens is 3. The summed E-state index contributed by atoms with van der Waals surface area (Å²) < 4.78 is 7.46. The molecule has 7 nitrogen and oxygen atoms in total. The highest BCUT2D eigenvalue weighted by molar-refractivity contribution is 5.79. The lowest BCUT2D eigenvalue weighted by molar-refractivity contribution is -0.133.